The Morgan fingerprint density at radius 2 is 1.76 bits per heavy atom. The smallest absolute Gasteiger partial charge is 0.0223 e. The molecule has 0 bridgehead atoms. The number of rotatable bonds is 4. The van der Waals surface area contributed by atoms with Gasteiger partial charge in [0.05, 0.1) is 0 Å². The molecule has 0 amide bonds. The number of piperazine rings is 1. The Bertz CT molecular complexity index is 309. The van der Waals surface area contributed by atoms with Gasteiger partial charge >= 0.3 is 0 Å². The van der Waals surface area contributed by atoms with Crippen LogP contribution >= 0.6 is 0 Å². The van der Waals surface area contributed by atoms with E-state index in [-0.39, 0.29) is 0 Å². The highest BCUT2D eigenvalue weighted by Gasteiger charge is 2.34. The van der Waals surface area contributed by atoms with E-state index in [0.717, 1.165) is 23.9 Å². The molecule has 2 unspecified atom stereocenters. The molecule has 2 heteroatoms. The Balaban J connectivity index is 1.48. The van der Waals surface area contributed by atoms with Crippen LogP contribution in [0.4, 0.5) is 0 Å². The molecule has 0 aromatic rings. The predicted octanol–water partition coefficient (Wildman–Crippen LogP) is 4.15. The SMILES string of the molecule is CCC1CN2CCCCC2CN1CCC1CCC(C)CC1. The number of hydrogen-bond donors (Lipinski definition) is 0. The summed E-state index contributed by atoms with van der Waals surface area (Å²) in [5.74, 6) is 2.03. The molecule has 0 aromatic heterocycles. The summed E-state index contributed by atoms with van der Waals surface area (Å²) in [7, 11) is 0. The number of hydrogen-bond acceptors (Lipinski definition) is 2. The molecular formula is C19H36N2. The van der Waals surface area contributed by atoms with Crippen LogP contribution < -0.4 is 0 Å². The Labute approximate surface area is 132 Å². The fraction of sp³-hybridized carbons (Fsp3) is 1.00. The summed E-state index contributed by atoms with van der Waals surface area (Å²) in [6.07, 6.45) is 13.1. The van der Waals surface area contributed by atoms with Crippen LogP contribution in [0.1, 0.15) is 71.6 Å². The van der Waals surface area contributed by atoms with Gasteiger partial charge in [-0.1, -0.05) is 46.0 Å². The first kappa shape index (κ1) is 15.8. The zero-order valence-corrected chi connectivity index (χ0v) is 14.4. The second-order valence-electron chi connectivity index (χ2n) is 8.12. The van der Waals surface area contributed by atoms with Crippen molar-refractivity contribution >= 4 is 0 Å². The van der Waals surface area contributed by atoms with E-state index in [2.05, 4.69) is 23.6 Å². The van der Waals surface area contributed by atoms with E-state index >= 15 is 0 Å². The van der Waals surface area contributed by atoms with Crippen molar-refractivity contribution in [2.24, 2.45) is 11.8 Å². The summed E-state index contributed by atoms with van der Waals surface area (Å²) in [6.45, 7) is 10.3. The average Bonchev–Trinajstić information content (AvgIpc) is 2.53. The molecule has 122 valence electrons. The molecule has 0 aromatic carbocycles. The summed E-state index contributed by atoms with van der Waals surface area (Å²) in [4.78, 5) is 5.67. The van der Waals surface area contributed by atoms with E-state index in [4.69, 9.17) is 0 Å². The van der Waals surface area contributed by atoms with Crippen LogP contribution in [0, 0.1) is 11.8 Å². The van der Waals surface area contributed by atoms with Crippen molar-refractivity contribution in [1.82, 2.24) is 9.80 Å². The van der Waals surface area contributed by atoms with E-state index < -0.39 is 0 Å². The van der Waals surface area contributed by atoms with E-state index in [9.17, 15) is 0 Å². The standard InChI is InChI=1S/C19H36N2/c1-3-18-14-20-12-5-4-6-19(20)15-21(18)13-11-17-9-7-16(2)8-10-17/h16-19H,3-15H2,1-2H3. The predicted molar refractivity (Wildman–Crippen MR) is 90.6 cm³/mol. The third-order valence-corrected chi connectivity index (χ3v) is 6.59. The van der Waals surface area contributed by atoms with E-state index in [1.54, 1.807) is 0 Å². The first-order chi connectivity index (χ1) is 10.3. The summed E-state index contributed by atoms with van der Waals surface area (Å²) < 4.78 is 0. The van der Waals surface area contributed by atoms with Crippen molar-refractivity contribution in [2.75, 3.05) is 26.2 Å². The molecule has 21 heavy (non-hydrogen) atoms. The largest absolute Gasteiger partial charge is 0.298 e. The number of nitrogens with zero attached hydrogens (tertiary/aromatic N) is 2. The number of fused-ring (bicyclic) bond motifs is 1. The van der Waals surface area contributed by atoms with Gasteiger partial charge in [-0.05, 0) is 50.6 Å². The van der Waals surface area contributed by atoms with Gasteiger partial charge in [-0.15, -0.1) is 0 Å². The van der Waals surface area contributed by atoms with Crippen LogP contribution in [0.3, 0.4) is 0 Å². The Kier molecular flexibility index (Phi) is 5.61. The summed E-state index contributed by atoms with van der Waals surface area (Å²) >= 11 is 0. The third-order valence-electron chi connectivity index (χ3n) is 6.59. The molecule has 2 atom stereocenters. The monoisotopic (exact) mass is 292 g/mol. The van der Waals surface area contributed by atoms with Crippen LogP contribution in [0.15, 0.2) is 0 Å². The lowest BCUT2D eigenvalue weighted by Crippen LogP contribution is -2.59. The lowest BCUT2D eigenvalue weighted by molar-refractivity contribution is 0.00413. The van der Waals surface area contributed by atoms with Crippen molar-refractivity contribution in [3.8, 4) is 0 Å². The van der Waals surface area contributed by atoms with Gasteiger partial charge < -0.3 is 0 Å². The second-order valence-corrected chi connectivity index (χ2v) is 8.12. The first-order valence-electron chi connectivity index (χ1n) is 9.74. The maximum atomic E-state index is 2.87. The van der Waals surface area contributed by atoms with Gasteiger partial charge in [0.15, 0.2) is 0 Å². The van der Waals surface area contributed by atoms with Gasteiger partial charge in [0.2, 0.25) is 0 Å². The highest BCUT2D eigenvalue weighted by atomic mass is 15.3. The molecule has 3 fully saturated rings. The highest BCUT2D eigenvalue weighted by molar-refractivity contribution is 4.90. The topological polar surface area (TPSA) is 6.48 Å². The molecule has 0 N–H and O–H groups in total. The molecule has 3 rings (SSSR count). The van der Waals surface area contributed by atoms with Crippen LogP contribution in [0.5, 0.6) is 0 Å². The fourth-order valence-corrected chi connectivity index (χ4v) is 4.94. The Morgan fingerprint density at radius 1 is 0.952 bits per heavy atom. The van der Waals surface area contributed by atoms with E-state index in [1.807, 2.05) is 0 Å². The molecule has 1 aliphatic carbocycles. The maximum absolute atomic E-state index is 2.87. The molecule has 2 nitrogen and oxygen atoms in total. The Hall–Kier alpha value is -0.0800. The van der Waals surface area contributed by atoms with E-state index in [0.29, 0.717) is 0 Å². The van der Waals surface area contributed by atoms with Gasteiger partial charge in [-0.3, -0.25) is 9.80 Å². The first-order valence-corrected chi connectivity index (χ1v) is 9.74. The fourth-order valence-electron chi connectivity index (χ4n) is 4.94. The highest BCUT2D eigenvalue weighted by Crippen LogP contribution is 2.31. The second kappa shape index (κ2) is 7.46. The minimum Gasteiger partial charge on any atom is -0.298 e. The summed E-state index contributed by atoms with van der Waals surface area (Å²) in [5, 5.41) is 0. The van der Waals surface area contributed by atoms with Gasteiger partial charge in [-0.25, -0.2) is 0 Å². The Morgan fingerprint density at radius 3 is 2.52 bits per heavy atom. The lowest BCUT2D eigenvalue weighted by atomic mass is 9.81. The minimum atomic E-state index is 0.835. The van der Waals surface area contributed by atoms with Crippen molar-refractivity contribution in [2.45, 2.75) is 83.7 Å². The molecule has 0 spiro atoms. The number of piperidine rings is 1. The molecular weight excluding hydrogens is 256 g/mol. The maximum Gasteiger partial charge on any atom is 0.0223 e. The summed E-state index contributed by atoms with van der Waals surface area (Å²) in [5.41, 5.74) is 0. The van der Waals surface area contributed by atoms with Gasteiger partial charge in [0.1, 0.15) is 0 Å². The summed E-state index contributed by atoms with van der Waals surface area (Å²) in [6, 6.07) is 1.72. The molecule has 1 saturated carbocycles. The lowest BCUT2D eigenvalue weighted by Gasteiger charge is -2.48. The molecule has 2 heterocycles. The van der Waals surface area contributed by atoms with Gasteiger partial charge in [-0.2, -0.15) is 0 Å². The van der Waals surface area contributed by atoms with Crippen LogP contribution in [-0.2, 0) is 0 Å². The quantitative estimate of drug-likeness (QED) is 0.768. The van der Waals surface area contributed by atoms with Crippen molar-refractivity contribution < 1.29 is 0 Å². The van der Waals surface area contributed by atoms with Gasteiger partial charge in [0, 0.05) is 25.2 Å². The van der Waals surface area contributed by atoms with Gasteiger partial charge in [0.25, 0.3) is 0 Å². The third kappa shape index (κ3) is 4.01. The zero-order chi connectivity index (χ0) is 14.7. The van der Waals surface area contributed by atoms with Crippen molar-refractivity contribution in [1.29, 1.82) is 0 Å². The molecule has 2 aliphatic heterocycles. The molecule has 3 aliphatic rings. The van der Waals surface area contributed by atoms with E-state index in [1.165, 1.54) is 84.0 Å². The van der Waals surface area contributed by atoms with Crippen molar-refractivity contribution in [3.63, 3.8) is 0 Å². The van der Waals surface area contributed by atoms with Crippen molar-refractivity contribution in [3.05, 3.63) is 0 Å². The minimum absolute atomic E-state index is 0.835. The molecule has 0 radical (unpaired) electrons. The van der Waals surface area contributed by atoms with Crippen LogP contribution in [0.25, 0.3) is 0 Å². The van der Waals surface area contributed by atoms with Crippen LogP contribution in [0.2, 0.25) is 0 Å². The molecule has 2 saturated heterocycles. The average molecular weight is 293 g/mol. The normalized spacial score (nSPS) is 39.1. The van der Waals surface area contributed by atoms with Crippen LogP contribution in [-0.4, -0.2) is 48.1 Å². The zero-order valence-electron chi connectivity index (χ0n) is 14.4.